The minimum absolute atomic E-state index is 0.0282. The molecule has 0 bridgehead atoms. The molecule has 0 spiro atoms. The van der Waals surface area contributed by atoms with Gasteiger partial charge in [-0.15, -0.1) is 0 Å². The van der Waals surface area contributed by atoms with E-state index in [9.17, 15) is 33.1 Å². The van der Waals surface area contributed by atoms with Gasteiger partial charge in [0.25, 0.3) is 0 Å². The molecule has 5 aromatic rings. The average molecular weight is 546 g/mol. The van der Waals surface area contributed by atoms with Gasteiger partial charge in [0, 0.05) is 16.5 Å². The number of carboxylic acid groups (broad SMARTS) is 1. The number of carbonyl (C=O) groups is 2. The van der Waals surface area contributed by atoms with Crippen molar-refractivity contribution >= 4 is 34.3 Å². The van der Waals surface area contributed by atoms with Crippen LogP contribution in [0.15, 0.2) is 78.9 Å². The fraction of sp³-hybridized carbons (Fsp3) is 0.0345. The van der Waals surface area contributed by atoms with E-state index in [1.165, 1.54) is 36.4 Å². The summed E-state index contributed by atoms with van der Waals surface area (Å²) in [5.41, 5.74) is 0.436. The van der Waals surface area contributed by atoms with Gasteiger partial charge in [-0.25, -0.2) is 4.79 Å². The predicted molar refractivity (Wildman–Crippen MR) is 139 cm³/mol. The van der Waals surface area contributed by atoms with Gasteiger partial charge in [-0.05, 0) is 59.7 Å². The van der Waals surface area contributed by atoms with Crippen molar-refractivity contribution in [2.24, 2.45) is 0 Å². The molecule has 0 saturated carbocycles. The van der Waals surface area contributed by atoms with Gasteiger partial charge in [0.15, 0.2) is 5.78 Å². The SMILES string of the molecule is N#Cc1cccc(-c2cc(C(=O)c3c(Cl)cccc3C(F)(F)F)c3c(-c4ccc(C(=O)O)cc4)n[nH]c3c2)c1. The van der Waals surface area contributed by atoms with E-state index >= 15 is 0 Å². The Morgan fingerprint density at radius 2 is 1.64 bits per heavy atom. The van der Waals surface area contributed by atoms with Crippen LogP contribution in [-0.2, 0) is 6.18 Å². The summed E-state index contributed by atoms with van der Waals surface area (Å²) < 4.78 is 41.8. The number of rotatable bonds is 5. The summed E-state index contributed by atoms with van der Waals surface area (Å²) in [6.07, 6.45) is -4.85. The van der Waals surface area contributed by atoms with Crippen LogP contribution in [0.1, 0.15) is 37.4 Å². The Morgan fingerprint density at radius 1 is 0.923 bits per heavy atom. The van der Waals surface area contributed by atoms with Crippen LogP contribution >= 0.6 is 11.6 Å². The van der Waals surface area contributed by atoms with Gasteiger partial charge in [0.05, 0.1) is 38.9 Å². The van der Waals surface area contributed by atoms with Crippen molar-refractivity contribution in [2.45, 2.75) is 6.18 Å². The number of aromatic nitrogens is 2. The number of nitrogens with one attached hydrogen (secondary N) is 1. The summed E-state index contributed by atoms with van der Waals surface area (Å²) >= 11 is 6.17. The number of hydrogen-bond acceptors (Lipinski definition) is 4. The molecule has 192 valence electrons. The van der Waals surface area contributed by atoms with Crippen molar-refractivity contribution in [3.8, 4) is 28.5 Å². The quantitative estimate of drug-likeness (QED) is 0.224. The third-order valence-corrected chi connectivity index (χ3v) is 6.50. The molecule has 2 N–H and O–H groups in total. The Bertz CT molecular complexity index is 1820. The number of benzene rings is 4. The summed E-state index contributed by atoms with van der Waals surface area (Å²) in [5.74, 6) is -2.10. The molecule has 6 nitrogen and oxygen atoms in total. The van der Waals surface area contributed by atoms with Crippen LogP contribution in [0, 0.1) is 11.3 Å². The van der Waals surface area contributed by atoms with Gasteiger partial charge in [-0.1, -0.05) is 41.9 Å². The van der Waals surface area contributed by atoms with Crippen molar-refractivity contribution in [1.82, 2.24) is 10.2 Å². The monoisotopic (exact) mass is 545 g/mol. The molecule has 1 aromatic heterocycles. The number of aromatic amines is 1. The second-order valence-corrected chi connectivity index (χ2v) is 8.99. The maximum Gasteiger partial charge on any atom is 0.417 e. The average Bonchev–Trinajstić information content (AvgIpc) is 3.36. The highest BCUT2D eigenvalue weighted by molar-refractivity contribution is 6.36. The third kappa shape index (κ3) is 4.74. The number of H-pyrrole nitrogens is 1. The minimum Gasteiger partial charge on any atom is -0.478 e. The standard InChI is InChI=1S/C29H15ClF3N3O3/c30-22-6-2-5-21(29(31,32)33)25(22)27(37)20-12-19(18-4-1-3-15(11-18)14-34)13-23-24(20)26(36-35-23)16-7-9-17(10-8-16)28(38)39/h1-13H,(H,35,36)(H,38,39). The number of carboxylic acids is 1. The summed E-state index contributed by atoms with van der Waals surface area (Å²) in [4.78, 5) is 25.2. The van der Waals surface area contributed by atoms with E-state index in [0.717, 1.165) is 12.1 Å². The molecule has 10 heteroatoms. The molecule has 0 unspecified atom stereocenters. The summed E-state index contributed by atoms with van der Waals surface area (Å²) in [7, 11) is 0. The van der Waals surface area contributed by atoms with E-state index in [1.807, 2.05) is 6.07 Å². The second kappa shape index (κ2) is 9.74. The first kappa shape index (κ1) is 25.7. The lowest BCUT2D eigenvalue weighted by Gasteiger charge is -2.15. The zero-order valence-electron chi connectivity index (χ0n) is 19.7. The predicted octanol–water partition coefficient (Wildman–Crippen LogP) is 7.37. The molecule has 0 aliphatic rings. The third-order valence-electron chi connectivity index (χ3n) is 6.18. The van der Waals surface area contributed by atoms with E-state index in [2.05, 4.69) is 10.2 Å². The Hall–Kier alpha value is -4.94. The molecule has 4 aromatic carbocycles. The highest BCUT2D eigenvalue weighted by Crippen LogP contribution is 2.39. The molecule has 0 aliphatic heterocycles. The molecule has 0 radical (unpaired) electrons. The van der Waals surface area contributed by atoms with Crippen LogP contribution in [-0.4, -0.2) is 27.1 Å². The first-order valence-electron chi connectivity index (χ1n) is 11.4. The van der Waals surface area contributed by atoms with Gasteiger partial charge in [0.2, 0.25) is 0 Å². The molecule has 0 fully saturated rings. The number of halogens is 4. The first-order chi connectivity index (χ1) is 18.6. The lowest BCUT2D eigenvalue weighted by atomic mass is 9.90. The molecule has 0 atom stereocenters. The van der Waals surface area contributed by atoms with E-state index in [1.54, 1.807) is 30.3 Å². The Kier molecular flexibility index (Phi) is 6.42. The number of alkyl halides is 3. The Labute approximate surface area is 223 Å². The second-order valence-electron chi connectivity index (χ2n) is 8.58. The van der Waals surface area contributed by atoms with Crippen LogP contribution in [0.2, 0.25) is 5.02 Å². The van der Waals surface area contributed by atoms with Gasteiger partial charge >= 0.3 is 12.1 Å². The summed E-state index contributed by atoms with van der Waals surface area (Å²) in [6.45, 7) is 0. The number of hydrogen-bond donors (Lipinski definition) is 2. The molecule has 0 amide bonds. The minimum atomic E-state index is -4.85. The highest BCUT2D eigenvalue weighted by atomic mass is 35.5. The summed E-state index contributed by atoms with van der Waals surface area (Å²) in [6, 6.07) is 20.5. The molecular weight excluding hydrogens is 531 g/mol. The first-order valence-corrected chi connectivity index (χ1v) is 11.7. The van der Waals surface area contributed by atoms with E-state index in [-0.39, 0.29) is 27.2 Å². The molecule has 0 aliphatic carbocycles. The van der Waals surface area contributed by atoms with Gasteiger partial charge < -0.3 is 5.11 Å². The Morgan fingerprint density at radius 3 is 2.31 bits per heavy atom. The van der Waals surface area contributed by atoms with E-state index < -0.39 is 29.1 Å². The van der Waals surface area contributed by atoms with Crippen molar-refractivity contribution in [3.63, 3.8) is 0 Å². The highest BCUT2D eigenvalue weighted by Gasteiger charge is 2.37. The zero-order chi connectivity index (χ0) is 27.9. The lowest BCUT2D eigenvalue weighted by molar-refractivity contribution is -0.137. The molecule has 39 heavy (non-hydrogen) atoms. The van der Waals surface area contributed by atoms with Crippen LogP contribution in [0.3, 0.4) is 0 Å². The van der Waals surface area contributed by atoms with Gasteiger partial charge in [-0.2, -0.15) is 23.5 Å². The van der Waals surface area contributed by atoms with E-state index in [0.29, 0.717) is 27.8 Å². The maximum absolute atomic E-state index is 13.9. The number of fused-ring (bicyclic) bond motifs is 1. The molecule has 0 saturated heterocycles. The number of nitrogens with zero attached hydrogens (tertiary/aromatic N) is 2. The molecule has 1 heterocycles. The summed E-state index contributed by atoms with van der Waals surface area (Å²) in [5, 5.41) is 25.5. The zero-order valence-corrected chi connectivity index (χ0v) is 20.4. The van der Waals surface area contributed by atoms with Crippen molar-refractivity contribution in [1.29, 1.82) is 5.26 Å². The van der Waals surface area contributed by atoms with Crippen molar-refractivity contribution < 1.29 is 27.9 Å². The van der Waals surface area contributed by atoms with Crippen LogP contribution < -0.4 is 0 Å². The number of nitriles is 1. The van der Waals surface area contributed by atoms with Crippen LogP contribution in [0.4, 0.5) is 13.2 Å². The van der Waals surface area contributed by atoms with Crippen LogP contribution in [0.25, 0.3) is 33.3 Å². The fourth-order valence-electron chi connectivity index (χ4n) is 4.38. The normalized spacial score (nSPS) is 11.4. The van der Waals surface area contributed by atoms with Crippen molar-refractivity contribution in [3.05, 3.63) is 112 Å². The number of carbonyl (C=O) groups excluding carboxylic acids is 1. The van der Waals surface area contributed by atoms with Crippen LogP contribution in [0.5, 0.6) is 0 Å². The molecule has 5 rings (SSSR count). The lowest BCUT2D eigenvalue weighted by Crippen LogP contribution is -2.15. The number of ketones is 1. The Balaban J connectivity index is 1.80. The number of aromatic carboxylic acids is 1. The maximum atomic E-state index is 13.9. The largest absolute Gasteiger partial charge is 0.478 e. The topological polar surface area (TPSA) is 107 Å². The van der Waals surface area contributed by atoms with E-state index in [4.69, 9.17) is 11.6 Å². The van der Waals surface area contributed by atoms with Gasteiger partial charge in [-0.3, -0.25) is 9.89 Å². The van der Waals surface area contributed by atoms with Gasteiger partial charge in [0.1, 0.15) is 5.69 Å². The smallest absolute Gasteiger partial charge is 0.417 e. The molecular formula is C29H15ClF3N3O3. The van der Waals surface area contributed by atoms with Crippen molar-refractivity contribution in [2.75, 3.05) is 0 Å². The fourth-order valence-corrected chi connectivity index (χ4v) is 4.64.